The summed E-state index contributed by atoms with van der Waals surface area (Å²) in [6, 6.07) is 1.81. The Morgan fingerprint density at radius 2 is 1.94 bits per heavy atom. The second kappa shape index (κ2) is 4.75. The van der Waals surface area contributed by atoms with Crippen LogP contribution in [0.25, 0.3) is 0 Å². The Morgan fingerprint density at radius 3 is 2.47 bits per heavy atom. The molecule has 17 heavy (non-hydrogen) atoms. The molecular formula is C11H19N5O. The van der Waals surface area contributed by atoms with Crippen molar-refractivity contribution in [2.75, 3.05) is 38.5 Å². The van der Waals surface area contributed by atoms with Gasteiger partial charge in [-0.2, -0.15) is 5.10 Å². The number of anilines is 1. The molecule has 1 aromatic rings. The van der Waals surface area contributed by atoms with Crippen LogP contribution in [0.1, 0.15) is 5.69 Å². The van der Waals surface area contributed by atoms with E-state index in [4.69, 9.17) is 0 Å². The Hall–Kier alpha value is -1.56. The zero-order chi connectivity index (χ0) is 12.4. The Bertz CT molecular complexity index is 386. The minimum absolute atomic E-state index is 0.0591. The van der Waals surface area contributed by atoms with Crippen molar-refractivity contribution < 1.29 is 4.79 Å². The molecular weight excluding hydrogens is 218 g/mol. The zero-order valence-electron chi connectivity index (χ0n) is 10.6. The predicted molar refractivity (Wildman–Crippen MR) is 66.0 cm³/mol. The number of likely N-dealkylation sites (N-methyl/N-ethyl adjacent to an activating group) is 1. The van der Waals surface area contributed by atoms with E-state index in [-0.39, 0.29) is 6.03 Å². The van der Waals surface area contributed by atoms with E-state index in [9.17, 15) is 4.79 Å². The Labute approximate surface area is 101 Å². The van der Waals surface area contributed by atoms with Crippen LogP contribution >= 0.6 is 0 Å². The molecule has 1 N–H and O–H groups in total. The van der Waals surface area contributed by atoms with Gasteiger partial charge in [0.05, 0.1) is 0 Å². The fourth-order valence-electron chi connectivity index (χ4n) is 1.82. The van der Waals surface area contributed by atoms with Gasteiger partial charge >= 0.3 is 6.03 Å². The van der Waals surface area contributed by atoms with Crippen LogP contribution in [0.2, 0.25) is 0 Å². The lowest BCUT2D eigenvalue weighted by Gasteiger charge is -2.32. The summed E-state index contributed by atoms with van der Waals surface area (Å²) >= 11 is 0. The lowest BCUT2D eigenvalue weighted by Crippen LogP contribution is -2.48. The van der Waals surface area contributed by atoms with Gasteiger partial charge in [0.25, 0.3) is 0 Å². The molecule has 0 aromatic carbocycles. The van der Waals surface area contributed by atoms with Gasteiger partial charge in [-0.1, -0.05) is 0 Å². The first-order valence-electron chi connectivity index (χ1n) is 5.81. The number of nitrogens with zero attached hydrogens (tertiary/aromatic N) is 4. The summed E-state index contributed by atoms with van der Waals surface area (Å²) in [6.07, 6.45) is 0. The van der Waals surface area contributed by atoms with Gasteiger partial charge in [0.2, 0.25) is 0 Å². The third-order valence-electron chi connectivity index (χ3n) is 3.14. The van der Waals surface area contributed by atoms with Gasteiger partial charge in [0, 0.05) is 45.0 Å². The molecule has 0 unspecified atom stereocenters. The van der Waals surface area contributed by atoms with Gasteiger partial charge in [0.15, 0.2) is 5.82 Å². The molecule has 0 radical (unpaired) electrons. The van der Waals surface area contributed by atoms with Crippen molar-refractivity contribution in [2.24, 2.45) is 7.05 Å². The molecule has 1 aliphatic heterocycles. The molecule has 2 rings (SSSR count). The van der Waals surface area contributed by atoms with E-state index >= 15 is 0 Å². The number of amides is 2. The quantitative estimate of drug-likeness (QED) is 0.774. The van der Waals surface area contributed by atoms with E-state index in [1.165, 1.54) is 0 Å². The molecule has 1 aromatic heterocycles. The average Bonchev–Trinajstić information content (AvgIpc) is 2.58. The van der Waals surface area contributed by atoms with Crippen molar-refractivity contribution in [1.29, 1.82) is 0 Å². The van der Waals surface area contributed by atoms with E-state index < -0.39 is 0 Å². The Morgan fingerprint density at radius 1 is 1.29 bits per heavy atom. The van der Waals surface area contributed by atoms with Crippen LogP contribution < -0.4 is 5.32 Å². The molecule has 1 aliphatic rings. The van der Waals surface area contributed by atoms with Crippen LogP contribution in [0.3, 0.4) is 0 Å². The minimum atomic E-state index is -0.0591. The highest BCUT2D eigenvalue weighted by atomic mass is 16.2. The SMILES string of the molecule is Cc1cc(NC(=O)N2CCN(C)CC2)nn1C. The second-order valence-electron chi connectivity index (χ2n) is 4.52. The van der Waals surface area contributed by atoms with E-state index in [0.29, 0.717) is 5.82 Å². The maximum atomic E-state index is 11.9. The van der Waals surface area contributed by atoms with Crippen molar-refractivity contribution in [1.82, 2.24) is 19.6 Å². The molecule has 2 heterocycles. The van der Waals surface area contributed by atoms with E-state index in [2.05, 4.69) is 22.4 Å². The van der Waals surface area contributed by atoms with Gasteiger partial charge in [0.1, 0.15) is 0 Å². The van der Waals surface area contributed by atoms with Crippen molar-refractivity contribution >= 4 is 11.8 Å². The van der Waals surface area contributed by atoms with Crippen LogP contribution in [0.15, 0.2) is 6.07 Å². The molecule has 0 saturated carbocycles. The summed E-state index contributed by atoms with van der Waals surface area (Å²) in [6.45, 7) is 5.35. The number of carbonyl (C=O) groups excluding carboxylic acids is 1. The van der Waals surface area contributed by atoms with E-state index in [1.807, 2.05) is 24.9 Å². The van der Waals surface area contributed by atoms with Crippen LogP contribution in [0.4, 0.5) is 10.6 Å². The number of urea groups is 1. The minimum Gasteiger partial charge on any atom is -0.322 e. The van der Waals surface area contributed by atoms with Gasteiger partial charge in [-0.3, -0.25) is 10.00 Å². The number of aryl methyl sites for hydroxylation is 2. The number of hydrogen-bond donors (Lipinski definition) is 1. The summed E-state index contributed by atoms with van der Waals surface area (Å²) in [5.74, 6) is 0.619. The fourth-order valence-corrected chi connectivity index (χ4v) is 1.82. The van der Waals surface area contributed by atoms with E-state index in [0.717, 1.165) is 31.9 Å². The lowest BCUT2D eigenvalue weighted by molar-refractivity contribution is 0.164. The van der Waals surface area contributed by atoms with Crippen molar-refractivity contribution in [2.45, 2.75) is 6.92 Å². The summed E-state index contributed by atoms with van der Waals surface area (Å²) in [4.78, 5) is 16.0. The topological polar surface area (TPSA) is 53.4 Å². The molecule has 6 nitrogen and oxygen atoms in total. The summed E-state index contributed by atoms with van der Waals surface area (Å²) in [5, 5.41) is 7.03. The second-order valence-corrected chi connectivity index (χ2v) is 4.52. The monoisotopic (exact) mass is 237 g/mol. The third-order valence-corrected chi connectivity index (χ3v) is 3.14. The molecule has 2 amide bonds. The maximum absolute atomic E-state index is 11.9. The van der Waals surface area contributed by atoms with E-state index in [1.54, 1.807) is 4.68 Å². The number of piperazine rings is 1. The number of aromatic nitrogens is 2. The highest BCUT2D eigenvalue weighted by Crippen LogP contribution is 2.09. The maximum Gasteiger partial charge on any atom is 0.323 e. The largest absolute Gasteiger partial charge is 0.323 e. The summed E-state index contributed by atoms with van der Waals surface area (Å²) < 4.78 is 1.75. The molecule has 0 bridgehead atoms. The first-order chi connectivity index (χ1) is 8.06. The number of rotatable bonds is 1. The van der Waals surface area contributed by atoms with Crippen LogP contribution in [0, 0.1) is 6.92 Å². The first-order valence-corrected chi connectivity index (χ1v) is 5.81. The van der Waals surface area contributed by atoms with Crippen molar-refractivity contribution in [3.05, 3.63) is 11.8 Å². The summed E-state index contributed by atoms with van der Waals surface area (Å²) in [7, 11) is 3.93. The lowest BCUT2D eigenvalue weighted by atomic mass is 10.3. The van der Waals surface area contributed by atoms with Crippen LogP contribution in [-0.2, 0) is 7.05 Å². The zero-order valence-corrected chi connectivity index (χ0v) is 10.6. The number of nitrogens with one attached hydrogen (secondary N) is 1. The van der Waals surface area contributed by atoms with Crippen LogP contribution in [0.5, 0.6) is 0 Å². The fraction of sp³-hybridized carbons (Fsp3) is 0.636. The predicted octanol–water partition coefficient (Wildman–Crippen LogP) is 0.508. The smallest absolute Gasteiger partial charge is 0.322 e. The van der Waals surface area contributed by atoms with Gasteiger partial charge in [-0.05, 0) is 14.0 Å². The number of carbonyl (C=O) groups is 1. The molecule has 0 spiro atoms. The Kier molecular flexibility index (Phi) is 3.33. The summed E-state index contributed by atoms with van der Waals surface area (Å²) in [5.41, 5.74) is 1.03. The Balaban J connectivity index is 1.93. The third kappa shape index (κ3) is 2.76. The standard InChI is InChI=1S/C11H19N5O/c1-9-8-10(13-15(9)3)12-11(17)16-6-4-14(2)5-7-16/h8H,4-7H2,1-3H3,(H,12,13,17). The van der Waals surface area contributed by atoms with Gasteiger partial charge < -0.3 is 9.80 Å². The molecule has 0 atom stereocenters. The molecule has 6 heteroatoms. The average molecular weight is 237 g/mol. The van der Waals surface area contributed by atoms with Gasteiger partial charge in [-0.15, -0.1) is 0 Å². The molecule has 0 aliphatic carbocycles. The molecule has 1 fully saturated rings. The number of hydrogen-bond acceptors (Lipinski definition) is 3. The van der Waals surface area contributed by atoms with Gasteiger partial charge in [-0.25, -0.2) is 4.79 Å². The normalized spacial score (nSPS) is 17.2. The highest BCUT2D eigenvalue weighted by molar-refractivity contribution is 5.88. The molecule has 94 valence electrons. The first kappa shape index (κ1) is 11.9. The molecule has 1 saturated heterocycles. The van der Waals surface area contributed by atoms with Crippen molar-refractivity contribution in [3.8, 4) is 0 Å². The highest BCUT2D eigenvalue weighted by Gasteiger charge is 2.19. The van der Waals surface area contributed by atoms with Crippen molar-refractivity contribution in [3.63, 3.8) is 0 Å². The van der Waals surface area contributed by atoms with Crippen LogP contribution in [-0.4, -0.2) is 58.8 Å².